The zero-order valence-corrected chi connectivity index (χ0v) is 19.0. The zero-order valence-electron chi connectivity index (χ0n) is 15.8. The van der Waals surface area contributed by atoms with Crippen LogP contribution in [0.2, 0.25) is 0 Å². The van der Waals surface area contributed by atoms with Gasteiger partial charge in [-0.3, -0.25) is 4.99 Å². The molecule has 1 N–H and O–H groups in total. The van der Waals surface area contributed by atoms with Crippen LogP contribution in [0.5, 0.6) is 0 Å². The lowest BCUT2D eigenvalue weighted by molar-refractivity contribution is 0.0257. The van der Waals surface area contributed by atoms with Crippen molar-refractivity contribution in [3.63, 3.8) is 0 Å². The fourth-order valence-electron chi connectivity index (χ4n) is 2.81. The summed E-state index contributed by atoms with van der Waals surface area (Å²) in [5.74, 6) is 1.42. The summed E-state index contributed by atoms with van der Waals surface area (Å²) in [7, 11) is -1.30. The Morgan fingerprint density at radius 2 is 2.00 bits per heavy atom. The van der Waals surface area contributed by atoms with Crippen LogP contribution in [0.15, 0.2) is 4.99 Å². The molecule has 1 fully saturated rings. The van der Waals surface area contributed by atoms with Gasteiger partial charge in [-0.2, -0.15) is 0 Å². The summed E-state index contributed by atoms with van der Waals surface area (Å²) in [5.41, 5.74) is 0. The van der Waals surface area contributed by atoms with E-state index in [0.717, 1.165) is 25.5 Å². The number of nitrogens with zero attached hydrogens (tertiary/aromatic N) is 2. The van der Waals surface area contributed by atoms with Gasteiger partial charge in [-0.1, -0.05) is 13.8 Å². The molecule has 0 radical (unpaired) electrons. The standard InChI is InChI=1S/C16H33N3O3S.HI/c1-7-22-14(13(2)3)8-9-18-15(17-6)19-10-11-23(20,21)16(4,5)12-19;/h13-14H,7-12H2,1-6H3,(H,17,18);1H. The number of aliphatic imine (C=N–C) groups is 1. The molecule has 0 aromatic rings. The number of halogens is 1. The fourth-order valence-corrected chi connectivity index (χ4v) is 4.17. The van der Waals surface area contributed by atoms with E-state index in [1.165, 1.54) is 0 Å². The van der Waals surface area contributed by atoms with E-state index in [1.54, 1.807) is 20.9 Å². The Bertz CT molecular complexity index is 507. The highest BCUT2D eigenvalue weighted by Crippen LogP contribution is 2.23. The maximum absolute atomic E-state index is 12.1. The van der Waals surface area contributed by atoms with Gasteiger partial charge < -0.3 is 15.0 Å². The number of sulfone groups is 1. The second-order valence-corrected chi connectivity index (χ2v) is 9.74. The van der Waals surface area contributed by atoms with Crippen molar-refractivity contribution >= 4 is 39.8 Å². The Labute approximate surface area is 164 Å². The number of rotatable bonds is 6. The van der Waals surface area contributed by atoms with E-state index in [2.05, 4.69) is 24.2 Å². The highest BCUT2D eigenvalue weighted by Gasteiger charge is 2.40. The molecule has 0 bridgehead atoms. The average molecular weight is 475 g/mol. The van der Waals surface area contributed by atoms with Crippen molar-refractivity contribution in [2.45, 2.75) is 51.9 Å². The lowest BCUT2D eigenvalue weighted by Gasteiger charge is -2.39. The van der Waals surface area contributed by atoms with Crippen LogP contribution in [-0.2, 0) is 14.6 Å². The minimum atomic E-state index is -3.03. The molecule has 0 aliphatic carbocycles. The highest BCUT2D eigenvalue weighted by molar-refractivity contribution is 14.0. The topological polar surface area (TPSA) is 71.0 Å². The second-order valence-electron chi connectivity index (χ2n) is 7.00. The minimum Gasteiger partial charge on any atom is -0.378 e. The van der Waals surface area contributed by atoms with Gasteiger partial charge in [-0.15, -0.1) is 24.0 Å². The van der Waals surface area contributed by atoms with Gasteiger partial charge in [-0.25, -0.2) is 8.42 Å². The van der Waals surface area contributed by atoms with Gasteiger partial charge in [0.1, 0.15) is 0 Å². The first-order valence-corrected chi connectivity index (χ1v) is 10.1. The van der Waals surface area contributed by atoms with Crippen LogP contribution in [0.1, 0.15) is 41.0 Å². The van der Waals surface area contributed by atoms with E-state index in [-0.39, 0.29) is 35.8 Å². The lowest BCUT2D eigenvalue weighted by atomic mass is 10.0. The molecule has 1 unspecified atom stereocenters. The first-order chi connectivity index (χ1) is 10.6. The van der Waals surface area contributed by atoms with Crippen molar-refractivity contribution in [3.05, 3.63) is 0 Å². The van der Waals surface area contributed by atoms with E-state index in [4.69, 9.17) is 4.74 Å². The van der Waals surface area contributed by atoms with Crippen molar-refractivity contribution < 1.29 is 13.2 Å². The van der Waals surface area contributed by atoms with Crippen LogP contribution >= 0.6 is 24.0 Å². The Morgan fingerprint density at radius 1 is 1.38 bits per heavy atom. The molecule has 8 heteroatoms. The average Bonchev–Trinajstić information content (AvgIpc) is 2.45. The summed E-state index contributed by atoms with van der Waals surface area (Å²) in [6.07, 6.45) is 1.13. The third kappa shape index (κ3) is 6.33. The van der Waals surface area contributed by atoms with Crippen molar-refractivity contribution in [2.24, 2.45) is 10.9 Å². The number of ether oxygens (including phenoxy) is 1. The van der Waals surface area contributed by atoms with Crippen LogP contribution in [0, 0.1) is 5.92 Å². The van der Waals surface area contributed by atoms with Gasteiger partial charge in [0.15, 0.2) is 15.8 Å². The molecule has 1 rings (SSSR count). The third-order valence-electron chi connectivity index (χ3n) is 4.39. The first kappa shape index (κ1) is 23.9. The van der Waals surface area contributed by atoms with Gasteiger partial charge in [0, 0.05) is 33.3 Å². The largest absolute Gasteiger partial charge is 0.378 e. The van der Waals surface area contributed by atoms with Gasteiger partial charge >= 0.3 is 0 Å². The number of nitrogens with one attached hydrogen (secondary N) is 1. The Balaban J connectivity index is 0.00000529. The molecule has 1 saturated heterocycles. The fraction of sp³-hybridized carbons (Fsp3) is 0.938. The number of guanidine groups is 1. The van der Waals surface area contributed by atoms with Gasteiger partial charge in [0.25, 0.3) is 0 Å². The quantitative estimate of drug-likeness (QED) is 0.362. The van der Waals surface area contributed by atoms with Gasteiger partial charge in [-0.05, 0) is 33.1 Å². The maximum Gasteiger partial charge on any atom is 0.193 e. The molecule has 1 atom stereocenters. The van der Waals surface area contributed by atoms with Crippen molar-refractivity contribution in [1.82, 2.24) is 10.2 Å². The van der Waals surface area contributed by atoms with Gasteiger partial charge in [0.2, 0.25) is 0 Å². The molecule has 24 heavy (non-hydrogen) atoms. The Kier molecular flexibility index (Phi) is 10.1. The number of hydrogen-bond acceptors (Lipinski definition) is 4. The molecule has 6 nitrogen and oxygen atoms in total. The summed E-state index contributed by atoms with van der Waals surface area (Å²) in [6.45, 7) is 12.3. The molecule has 0 saturated carbocycles. The Hall–Kier alpha value is -0.0900. The SMILES string of the molecule is CCOC(CCNC(=NC)N1CCS(=O)(=O)C(C)(C)C1)C(C)C.I. The summed E-state index contributed by atoms with van der Waals surface area (Å²) in [6, 6.07) is 0. The van der Waals surface area contributed by atoms with Crippen molar-refractivity contribution in [2.75, 3.05) is 39.0 Å². The smallest absolute Gasteiger partial charge is 0.193 e. The molecule has 1 heterocycles. The summed E-state index contributed by atoms with van der Waals surface area (Å²) >= 11 is 0. The molecular formula is C16H34IN3O3S. The molecule has 0 aromatic heterocycles. The van der Waals surface area contributed by atoms with Crippen LogP contribution in [-0.4, -0.2) is 69.2 Å². The van der Waals surface area contributed by atoms with Crippen molar-refractivity contribution in [3.8, 4) is 0 Å². The third-order valence-corrected chi connectivity index (χ3v) is 6.92. The second kappa shape index (κ2) is 10.2. The predicted molar refractivity (Wildman–Crippen MR) is 111 cm³/mol. The summed E-state index contributed by atoms with van der Waals surface area (Å²) in [4.78, 5) is 6.34. The lowest BCUT2D eigenvalue weighted by Crippen LogP contribution is -2.57. The molecule has 144 valence electrons. The summed E-state index contributed by atoms with van der Waals surface area (Å²) in [5, 5.41) is 3.35. The molecular weight excluding hydrogens is 441 g/mol. The van der Waals surface area contributed by atoms with E-state index >= 15 is 0 Å². The highest BCUT2D eigenvalue weighted by atomic mass is 127. The summed E-state index contributed by atoms with van der Waals surface area (Å²) < 4.78 is 29.2. The van der Waals surface area contributed by atoms with E-state index in [1.807, 2.05) is 11.8 Å². The van der Waals surface area contributed by atoms with Gasteiger partial charge in [0.05, 0.1) is 16.6 Å². The molecule has 1 aliphatic heterocycles. The molecule has 0 aromatic carbocycles. The zero-order chi connectivity index (χ0) is 17.7. The van der Waals surface area contributed by atoms with E-state index in [0.29, 0.717) is 19.0 Å². The predicted octanol–water partition coefficient (Wildman–Crippen LogP) is 2.14. The Morgan fingerprint density at radius 3 is 2.46 bits per heavy atom. The van der Waals surface area contributed by atoms with Crippen LogP contribution < -0.4 is 5.32 Å². The molecule has 0 spiro atoms. The monoisotopic (exact) mass is 475 g/mol. The van der Waals surface area contributed by atoms with Crippen LogP contribution in [0.3, 0.4) is 0 Å². The normalized spacial score (nSPS) is 21.3. The molecule has 1 aliphatic rings. The molecule has 0 amide bonds. The first-order valence-electron chi connectivity index (χ1n) is 8.44. The van der Waals surface area contributed by atoms with E-state index < -0.39 is 14.6 Å². The van der Waals surface area contributed by atoms with Crippen LogP contribution in [0.25, 0.3) is 0 Å². The maximum atomic E-state index is 12.1. The minimum absolute atomic E-state index is 0. The number of hydrogen-bond donors (Lipinski definition) is 1. The van der Waals surface area contributed by atoms with Crippen molar-refractivity contribution in [1.29, 1.82) is 0 Å². The van der Waals surface area contributed by atoms with Crippen LogP contribution in [0.4, 0.5) is 0 Å². The van der Waals surface area contributed by atoms with E-state index in [9.17, 15) is 8.42 Å².